The predicted octanol–water partition coefficient (Wildman–Crippen LogP) is 5.07. The number of hydrogen-bond donors (Lipinski definition) is 0. The summed E-state index contributed by atoms with van der Waals surface area (Å²) < 4.78 is 28.2. The Kier molecular flexibility index (Phi) is 6.95. The van der Waals surface area contributed by atoms with E-state index in [4.69, 9.17) is 4.98 Å². The normalized spacial score (nSPS) is 13.2. The molecule has 1 amide bonds. The molecular formula is C25H27N3O3S2. The smallest absolute Gasteiger partial charge is 0.264 e. The number of carbonyl (C=O) groups excluding carboxylic acids is 1. The van der Waals surface area contributed by atoms with Crippen molar-refractivity contribution in [3.63, 3.8) is 0 Å². The first-order chi connectivity index (χ1) is 16.0. The minimum absolute atomic E-state index is 0.0797. The summed E-state index contributed by atoms with van der Waals surface area (Å²) in [4.78, 5) is 21.1. The Labute approximate surface area is 199 Å². The molecule has 0 aliphatic heterocycles. The maximum atomic E-state index is 13.5. The second-order valence-corrected chi connectivity index (χ2v) is 10.7. The van der Waals surface area contributed by atoms with Crippen molar-refractivity contribution in [2.45, 2.75) is 37.5 Å². The van der Waals surface area contributed by atoms with Crippen molar-refractivity contribution in [1.29, 1.82) is 0 Å². The van der Waals surface area contributed by atoms with Crippen LogP contribution < -0.4 is 9.21 Å². The van der Waals surface area contributed by atoms with Crippen LogP contribution >= 0.6 is 11.3 Å². The standard InChI is InChI=1S/C25H27N3O3S2/c1-3-17-27(25-26-22-15-8-9-16-23(22)32-25)24(29)19-11-10-14-21(18-19)33(30,31)28(4-2)20-12-6-5-7-13-20/h3,5-7,10-14,18H,1,4,8-9,15-17H2,2H3. The maximum absolute atomic E-state index is 13.5. The quantitative estimate of drug-likeness (QED) is 0.421. The summed E-state index contributed by atoms with van der Waals surface area (Å²) in [5, 5.41) is 0.638. The number of aryl methyl sites for hydroxylation is 2. The number of hydrogen-bond acceptors (Lipinski definition) is 5. The highest BCUT2D eigenvalue weighted by Gasteiger charge is 2.27. The Hall–Kier alpha value is -2.97. The van der Waals surface area contributed by atoms with Crippen LogP contribution in [0.15, 0.2) is 72.1 Å². The molecule has 8 heteroatoms. The number of benzene rings is 2. The largest absolute Gasteiger partial charge is 0.280 e. The molecule has 0 N–H and O–H groups in total. The molecular weight excluding hydrogens is 454 g/mol. The van der Waals surface area contributed by atoms with Crippen LogP contribution in [0.25, 0.3) is 0 Å². The van der Waals surface area contributed by atoms with E-state index in [1.165, 1.54) is 21.3 Å². The van der Waals surface area contributed by atoms with Gasteiger partial charge in [0.05, 0.1) is 16.3 Å². The van der Waals surface area contributed by atoms with Gasteiger partial charge >= 0.3 is 0 Å². The van der Waals surface area contributed by atoms with Crippen LogP contribution in [0.3, 0.4) is 0 Å². The molecule has 0 radical (unpaired) electrons. The minimum Gasteiger partial charge on any atom is -0.280 e. The lowest BCUT2D eigenvalue weighted by molar-refractivity contribution is 0.0989. The summed E-state index contributed by atoms with van der Waals surface area (Å²) in [5.41, 5.74) is 1.95. The molecule has 0 atom stereocenters. The van der Waals surface area contributed by atoms with Gasteiger partial charge in [0, 0.05) is 23.5 Å². The van der Waals surface area contributed by atoms with E-state index in [0.717, 1.165) is 31.4 Å². The molecule has 33 heavy (non-hydrogen) atoms. The van der Waals surface area contributed by atoms with E-state index in [0.29, 0.717) is 22.9 Å². The zero-order chi connectivity index (χ0) is 23.4. The van der Waals surface area contributed by atoms with E-state index in [-0.39, 0.29) is 17.3 Å². The van der Waals surface area contributed by atoms with E-state index in [9.17, 15) is 13.2 Å². The Bertz CT molecular complexity index is 1230. The molecule has 1 aliphatic rings. The van der Waals surface area contributed by atoms with Gasteiger partial charge in [0.15, 0.2) is 5.13 Å². The van der Waals surface area contributed by atoms with Gasteiger partial charge in [-0.15, -0.1) is 17.9 Å². The van der Waals surface area contributed by atoms with Crippen LogP contribution in [-0.4, -0.2) is 32.4 Å². The summed E-state index contributed by atoms with van der Waals surface area (Å²) in [6.45, 7) is 6.15. The van der Waals surface area contributed by atoms with Crippen molar-refractivity contribution in [1.82, 2.24) is 4.98 Å². The number of rotatable bonds is 8. The fourth-order valence-electron chi connectivity index (χ4n) is 3.99. The van der Waals surface area contributed by atoms with Gasteiger partial charge in [0.2, 0.25) is 0 Å². The van der Waals surface area contributed by atoms with Gasteiger partial charge in [-0.1, -0.05) is 30.3 Å². The first kappa shape index (κ1) is 23.2. The van der Waals surface area contributed by atoms with E-state index in [1.54, 1.807) is 65.6 Å². The molecule has 4 rings (SSSR count). The topological polar surface area (TPSA) is 70.6 Å². The maximum Gasteiger partial charge on any atom is 0.264 e. The van der Waals surface area contributed by atoms with Gasteiger partial charge in [0.25, 0.3) is 15.9 Å². The first-order valence-electron chi connectivity index (χ1n) is 11.0. The van der Waals surface area contributed by atoms with Crippen LogP contribution in [0.5, 0.6) is 0 Å². The van der Waals surface area contributed by atoms with Gasteiger partial charge in [0.1, 0.15) is 0 Å². The first-order valence-corrected chi connectivity index (χ1v) is 13.3. The number of aromatic nitrogens is 1. The third-order valence-corrected chi connectivity index (χ3v) is 8.70. The molecule has 0 unspecified atom stereocenters. The van der Waals surface area contributed by atoms with Crippen LogP contribution in [0.1, 0.15) is 40.7 Å². The number of anilines is 2. The fourth-order valence-corrected chi connectivity index (χ4v) is 6.66. The molecule has 1 aliphatic carbocycles. The van der Waals surface area contributed by atoms with Crippen molar-refractivity contribution < 1.29 is 13.2 Å². The Morgan fingerprint density at radius 2 is 1.88 bits per heavy atom. The molecule has 1 aromatic heterocycles. The molecule has 2 aromatic carbocycles. The average molecular weight is 482 g/mol. The number of sulfonamides is 1. The highest BCUT2D eigenvalue weighted by atomic mass is 32.2. The lowest BCUT2D eigenvalue weighted by Crippen LogP contribution is -2.32. The second-order valence-electron chi connectivity index (χ2n) is 7.81. The SMILES string of the molecule is C=CCN(C(=O)c1cccc(S(=O)(=O)N(CC)c2ccccc2)c1)c1nc2c(s1)CCCC2. The fraction of sp³-hybridized carbons (Fsp3) is 0.280. The van der Waals surface area contributed by atoms with Gasteiger partial charge in [-0.2, -0.15) is 0 Å². The molecule has 172 valence electrons. The van der Waals surface area contributed by atoms with Crippen LogP contribution in [0.4, 0.5) is 10.8 Å². The molecule has 0 bridgehead atoms. The molecule has 0 spiro atoms. The van der Waals surface area contributed by atoms with Crippen molar-refractivity contribution >= 4 is 38.1 Å². The van der Waals surface area contributed by atoms with Crippen LogP contribution in [0, 0.1) is 0 Å². The Morgan fingerprint density at radius 3 is 2.58 bits per heavy atom. The van der Waals surface area contributed by atoms with Crippen molar-refractivity contribution in [2.24, 2.45) is 0 Å². The summed E-state index contributed by atoms with van der Waals surface area (Å²) in [7, 11) is -3.84. The van der Waals surface area contributed by atoms with Gasteiger partial charge < -0.3 is 0 Å². The molecule has 3 aromatic rings. The van der Waals surface area contributed by atoms with E-state index in [2.05, 4.69) is 6.58 Å². The molecule has 6 nitrogen and oxygen atoms in total. The number of carbonyl (C=O) groups is 1. The number of nitrogens with zero attached hydrogens (tertiary/aromatic N) is 3. The van der Waals surface area contributed by atoms with Crippen molar-refractivity contribution in [3.05, 3.63) is 83.4 Å². The second kappa shape index (κ2) is 9.89. The van der Waals surface area contributed by atoms with Crippen molar-refractivity contribution in [2.75, 3.05) is 22.3 Å². The third-order valence-electron chi connectivity index (χ3n) is 5.62. The van der Waals surface area contributed by atoms with Crippen LogP contribution in [-0.2, 0) is 22.9 Å². The number of thiazole rings is 1. The molecule has 0 saturated heterocycles. The molecule has 0 fully saturated rings. The van der Waals surface area contributed by atoms with Gasteiger partial charge in [-0.05, 0) is 62.9 Å². The van der Waals surface area contributed by atoms with Gasteiger partial charge in [-0.25, -0.2) is 13.4 Å². The van der Waals surface area contributed by atoms with Crippen molar-refractivity contribution in [3.8, 4) is 0 Å². The summed E-state index contributed by atoms with van der Waals surface area (Å²) in [6.07, 6.45) is 5.83. The zero-order valence-corrected chi connectivity index (χ0v) is 20.2. The predicted molar refractivity (Wildman–Crippen MR) is 134 cm³/mol. The Balaban J connectivity index is 1.67. The number of amides is 1. The third kappa shape index (κ3) is 4.72. The van der Waals surface area contributed by atoms with E-state index >= 15 is 0 Å². The summed E-state index contributed by atoms with van der Waals surface area (Å²) >= 11 is 1.54. The minimum atomic E-state index is -3.84. The number of para-hydroxylation sites is 1. The average Bonchev–Trinajstić information content (AvgIpc) is 3.27. The van der Waals surface area contributed by atoms with Crippen LogP contribution in [0.2, 0.25) is 0 Å². The lowest BCUT2D eigenvalue weighted by Gasteiger charge is -2.23. The number of fused-ring (bicyclic) bond motifs is 1. The van der Waals surface area contributed by atoms with E-state index in [1.807, 2.05) is 6.07 Å². The van der Waals surface area contributed by atoms with Gasteiger partial charge in [-0.3, -0.25) is 14.0 Å². The highest BCUT2D eigenvalue weighted by molar-refractivity contribution is 7.92. The summed E-state index contributed by atoms with van der Waals surface area (Å²) in [5.74, 6) is -0.291. The zero-order valence-electron chi connectivity index (χ0n) is 18.6. The molecule has 0 saturated carbocycles. The highest BCUT2D eigenvalue weighted by Crippen LogP contribution is 2.33. The lowest BCUT2D eigenvalue weighted by atomic mass is 10.0. The molecule has 1 heterocycles. The monoisotopic (exact) mass is 481 g/mol. The van der Waals surface area contributed by atoms with E-state index < -0.39 is 10.0 Å². The summed E-state index contributed by atoms with van der Waals surface area (Å²) in [6, 6.07) is 15.2. The Morgan fingerprint density at radius 1 is 1.12 bits per heavy atom.